The van der Waals surface area contributed by atoms with Crippen LogP contribution in [-0.4, -0.2) is 29.0 Å². The van der Waals surface area contributed by atoms with Gasteiger partial charge in [-0.25, -0.2) is 0 Å². The highest BCUT2D eigenvalue weighted by Crippen LogP contribution is 2.33. The summed E-state index contributed by atoms with van der Waals surface area (Å²) in [7, 11) is 0. The third-order valence-electron chi connectivity index (χ3n) is 5.42. The molecule has 4 N–H and O–H groups in total. The van der Waals surface area contributed by atoms with Crippen LogP contribution < -0.4 is 5.73 Å². The summed E-state index contributed by atoms with van der Waals surface area (Å²) >= 11 is 0. The summed E-state index contributed by atoms with van der Waals surface area (Å²) in [5.41, 5.74) is 9.40. The zero-order valence-electron chi connectivity index (χ0n) is 14.6. The molecule has 0 aromatic heterocycles. The van der Waals surface area contributed by atoms with E-state index in [2.05, 4.69) is 25.1 Å². The second-order valence-corrected chi connectivity index (χ2v) is 7.28. The minimum atomic E-state index is -0.863. The first-order valence-electron chi connectivity index (χ1n) is 9.24. The topological polar surface area (TPSA) is 66.5 Å². The Morgan fingerprint density at radius 2 is 1.65 bits per heavy atom. The summed E-state index contributed by atoms with van der Waals surface area (Å²) < 4.78 is 0. The van der Waals surface area contributed by atoms with Gasteiger partial charge in [-0.1, -0.05) is 57.2 Å². The minimum absolute atomic E-state index is 0.136. The maximum Gasteiger partial charge on any atom is 0.0658 e. The predicted molar refractivity (Wildman–Crippen MR) is 95.5 cm³/mol. The maximum absolute atomic E-state index is 9.50. The molecule has 0 radical (unpaired) electrons. The first-order chi connectivity index (χ1) is 11.1. The highest BCUT2D eigenvalue weighted by atomic mass is 16.3. The van der Waals surface area contributed by atoms with Gasteiger partial charge < -0.3 is 15.9 Å². The molecule has 1 aromatic carbocycles. The zero-order chi connectivity index (χ0) is 16.7. The van der Waals surface area contributed by atoms with Gasteiger partial charge in [0.05, 0.1) is 18.8 Å². The summed E-state index contributed by atoms with van der Waals surface area (Å²) in [6.45, 7) is 1.93. The molecule has 0 fully saturated rings. The molecular weight excluding hydrogens is 286 g/mol. The number of unbranched alkanes of at least 4 members (excludes halogenated alkanes) is 5. The average Bonchev–Trinajstić information content (AvgIpc) is 3.01. The standard InChI is InChI=1S/C20H33NO2/c1-2-3-4-5-6-7-8-16-9-10-17-12-19(13-18(17)11-16)20(21,14-22)15-23/h9-11,19,22-23H,2-8,12-15,21H2,1H3. The van der Waals surface area contributed by atoms with E-state index in [9.17, 15) is 10.2 Å². The van der Waals surface area contributed by atoms with Crippen LogP contribution in [0, 0.1) is 5.92 Å². The van der Waals surface area contributed by atoms with E-state index in [0.717, 1.165) is 19.3 Å². The van der Waals surface area contributed by atoms with Gasteiger partial charge in [-0.05, 0) is 48.3 Å². The average molecular weight is 319 g/mol. The molecule has 3 heteroatoms. The molecule has 0 heterocycles. The van der Waals surface area contributed by atoms with E-state index >= 15 is 0 Å². The highest BCUT2D eigenvalue weighted by Gasteiger charge is 2.37. The second kappa shape index (κ2) is 8.81. The Morgan fingerprint density at radius 3 is 2.35 bits per heavy atom. The summed E-state index contributed by atoms with van der Waals surface area (Å²) in [6, 6.07) is 6.77. The van der Waals surface area contributed by atoms with Crippen LogP contribution in [0.2, 0.25) is 0 Å². The number of nitrogens with two attached hydrogens (primary N) is 1. The number of hydrogen-bond acceptors (Lipinski definition) is 3. The van der Waals surface area contributed by atoms with Gasteiger partial charge in [0.25, 0.3) is 0 Å². The van der Waals surface area contributed by atoms with Gasteiger partial charge in [-0.3, -0.25) is 0 Å². The fourth-order valence-corrected chi connectivity index (χ4v) is 3.65. The third-order valence-corrected chi connectivity index (χ3v) is 5.42. The van der Waals surface area contributed by atoms with E-state index in [-0.39, 0.29) is 19.1 Å². The van der Waals surface area contributed by atoms with Crippen LogP contribution in [0.15, 0.2) is 18.2 Å². The molecule has 3 nitrogen and oxygen atoms in total. The Hall–Kier alpha value is -0.900. The summed E-state index contributed by atoms with van der Waals surface area (Å²) in [4.78, 5) is 0. The Labute approximate surface area is 140 Å². The maximum atomic E-state index is 9.50. The molecule has 1 aromatic rings. The molecule has 130 valence electrons. The predicted octanol–water partition coefficient (Wildman–Crippen LogP) is 2.99. The molecule has 1 atom stereocenters. The molecule has 1 aliphatic carbocycles. The molecular formula is C20H33NO2. The summed E-state index contributed by atoms with van der Waals surface area (Å²) in [5, 5.41) is 19.0. The minimum Gasteiger partial charge on any atom is -0.394 e. The van der Waals surface area contributed by atoms with Crippen LogP contribution in [0.3, 0.4) is 0 Å². The van der Waals surface area contributed by atoms with Crippen molar-refractivity contribution >= 4 is 0 Å². The van der Waals surface area contributed by atoms with Crippen molar-refractivity contribution in [2.45, 2.75) is 70.3 Å². The molecule has 1 aliphatic rings. The molecule has 0 amide bonds. The number of aliphatic hydroxyl groups is 2. The van der Waals surface area contributed by atoms with Gasteiger partial charge in [-0.15, -0.1) is 0 Å². The van der Waals surface area contributed by atoms with Crippen molar-refractivity contribution in [3.8, 4) is 0 Å². The molecule has 0 saturated carbocycles. The van der Waals surface area contributed by atoms with Crippen molar-refractivity contribution in [1.82, 2.24) is 0 Å². The lowest BCUT2D eigenvalue weighted by Gasteiger charge is -2.31. The molecule has 0 aliphatic heterocycles. The van der Waals surface area contributed by atoms with Gasteiger partial charge in [0.2, 0.25) is 0 Å². The van der Waals surface area contributed by atoms with E-state index in [1.165, 1.54) is 55.2 Å². The van der Waals surface area contributed by atoms with Crippen molar-refractivity contribution < 1.29 is 10.2 Å². The lowest BCUT2D eigenvalue weighted by molar-refractivity contribution is 0.0783. The van der Waals surface area contributed by atoms with E-state index in [4.69, 9.17) is 5.73 Å². The number of aryl methyl sites for hydroxylation is 1. The van der Waals surface area contributed by atoms with Crippen molar-refractivity contribution in [1.29, 1.82) is 0 Å². The monoisotopic (exact) mass is 319 g/mol. The Balaban J connectivity index is 1.85. The molecule has 23 heavy (non-hydrogen) atoms. The first-order valence-corrected chi connectivity index (χ1v) is 9.24. The van der Waals surface area contributed by atoms with E-state index < -0.39 is 5.54 Å². The van der Waals surface area contributed by atoms with Crippen LogP contribution in [0.1, 0.15) is 62.1 Å². The van der Waals surface area contributed by atoms with Crippen molar-refractivity contribution in [2.75, 3.05) is 13.2 Å². The summed E-state index contributed by atoms with van der Waals surface area (Å²) in [6.07, 6.45) is 10.8. The van der Waals surface area contributed by atoms with Crippen LogP contribution in [-0.2, 0) is 19.3 Å². The first kappa shape index (κ1) is 18.4. The molecule has 1 unspecified atom stereocenters. The zero-order valence-corrected chi connectivity index (χ0v) is 14.6. The largest absolute Gasteiger partial charge is 0.394 e. The fourth-order valence-electron chi connectivity index (χ4n) is 3.65. The van der Waals surface area contributed by atoms with Crippen LogP contribution in [0.5, 0.6) is 0 Å². The molecule has 0 bridgehead atoms. The Kier molecular flexibility index (Phi) is 7.07. The quantitative estimate of drug-likeness (QED) is 0.581. The smallest absolute Gasteiger partial charge is 0.0658 e. The summed E-state index contributed by atoms with van der Waals surface area (Å²) in [5.74, 6) is 0.136. The van der Waals surface area contributed by atoms with Gasteiger partial charge in [-0.2, -0.15) is 0 Å². The van der Waals surface area contributed by atoms with Crippen molar-refractivity contribution in [3.63, 3.8) is 0 Å². The van der Waals surface area contributed by atoms with E-state index in [0.29, 0.717) is 0 Å². The second-order valence-electron chi connectivity index (χ2n) is 7.28. The molecule has 0 saturated heterocycles. The van der Waals surface area contributed by atoms with Crippen LogP contribution in [0.25, 0.3) is 0 Å². The van der Waals surface area contributed by atoms with Gasteiger partial charge in [0.15, 0.2) is 0 Å². The number of rotatable bonds is 10. The molecule has 0 spiro atoms. The third kappa shape index (κ3) is 4.79. The number of fused-ring (bicyclic) bond motifs is 1. The molecule has 2 rings (SSSR count). The number of benzene rings is 1. The van der Waals surface area contributed by atoms with Crippen LogP contribution in [0.4, 0.5) is 0 Å². The lowest BCUT2D eigenvalue weighted by Crippen LogP contribution is -2.54. The fraction of sp³-hybridized carbons (Fsp3) is 0.700. The Morgan fingerprint density at radius 1 is 1.00 bits per heavy atom. The SMILES string of the molecule is CCCCCCCCc1ccc2c(c1)CC(C(N)(CO)CO)C2. The highest BCUT2D eigenvalue weighted by molar-refractivity contribution is 5.37. The van der Waals surface area contributed by atoms with Crippen LogP contribution >= 0.6 is 0 Å². The Bertz CT molecular complexity index is 483. The van der Waals surface area contributed by atoms with E-state index in [1.807, 2.05) is 0 Å². The van der Waals surface area contributed by atoms with Gasteiger partial charge >= 0.3 is 0 Å². The van der Waals surface area contributed by atoms with Gasteiger partial charge in [0.1, 0.15) is 0 Å². The van der Waals surface area contributed by atoms with Crippen molar-refractivity contribution in [2.24, 2.45) is 11.7 Å². The number of hydrogen-bond donors (Lipinski definition) is 3. The van der Waals surface area contributed by atoms with E-state index in [1.54, 1.807) is 0 Å². The normalized spacial score (nSPS) is 17.5. The number of aliphatic hydroxyl groups excluding tert-OH is 2. The van der Waals surface area contributed by atoms with Crippen molar-refractivity contribution in [3.05, 3.63) is 34.9 Å². The lowest BCUT2D eigenvalue weighted by atomic mass is 9.84. The van der Waals surface area contributed by atoms with Gasteiger partial charge in [0, 0.05) is 0 Å².